The molecule has 0 N–H and O–H groups in total. The van der Waals surface area contributed by atoms with Gasteiger partial charge in [0.15, 0.2) is 16.6 Å². The highest BCUT2D eigenvalue weighted by Gasteiger charge is 2.70. The first kappa shape index (κ1) is 30.5. The van der Waals surface area contributed by atoms with Gasteiger partial charge in [0.2, 0.25) is 0 Å². The fraction of sp³-hybridized carbons (Fsp3) is 0.619. The summed E-state index contributed by atoms with van der Waals surface area (Å²) in [4.78, 5) is 0. The lowest BCUT2D eigenvalue weighted by molar-refractivity contribution is 0.234. The number of rotatable bonds is 7. The van der Waals surface area contributed by atoms with Crippen molar-refractivity contribution in [1.29, 1.82) is 0 Å². The van der Waals surface area contributed by atoms with Gasteiger partial charge in [-0.3, -0.25) is 0 Å². The summed E-state index contributed by atoms with van der Waals surface area (Å²) in [5.41, 5.74) is 1.02. The SMILES string of the molecule is C=Cc1ccccc1[Si](O[Si](C)(C)C)(O[Si](C)(C)C)[Si]1(C)O[Si](C)(C)O[Si](C)(C)O[Si](C)(C)O1. The van der Waals surface area contributed by atoms with Gasteiger partial charge in [0.25, 0.3) is 0 Å². The van der Waals surface area contributed by atoms with Crippen LogP contribution in [0.25, 0.3) is 6.08 Å². The van der Waals surface area contributed by atoms with Crippen LogP contribution in [0.15, 0.2) is 30.8 Å². The molecule has 0 unspecified atom stereocenters. The first-order valence-corrected chi connectivity index (χ1v) is 32.4. The third-order valence-corrected chi connectivity index (χ3v) is 37.4. The van der Waals surface area contributed by atoms with E-state index in [9.17, 15) is 0 Å². The molecule has 1 aliphatic heterocycles. The third kappa shape index (κ3) is 7.62. The quantitative estimate of drug-likeness (QED) is 0.362. The molecule has 194 valence electrons. The average Bonchev–Trinajstić information content (AvgIpc) is 2.53. The van der Waals surface area contributed by atoms with E-state index in [1.807, 2.05) is 12.1 Å². The molecule has 0 aromatic heterocycles. The lowest BCUT2D eigenvalue weighted by Crippen LogP contribution is -2.83. The first-order chi connectivity index (χ1) is 15.0. The van der Waals surface area contributed by atoms with Crippen LogP contribution < -0.4 is 5.19 Å². The summed E-state index contributed by atoms with van der Waals surface area (Å²) in [6, 6.07) is 8.31. The van der Waals surface area contributed by atoms with Gasteiger partial charge in [-0.05, 0) is 90.7 Å². The molecule has 0 bridgehead atoms. The van der Waals surface area contributed by atoms with E-state index in [0.29, 0.717) is 0 Å². The van der Waals surface area contributed by atoms with Crippen molar-refractivity contribution in [3.63, 3.8) is 0 Å². The van der Waals surface area contributed by atoms with Crippen molar-refractivity contribution in [3.8, 4) is 0 Å². The number of hydrogen-bond donors (Lipinski definition) is 0. The molecule has 1 saturated heterocycles. The van der Waals surface area contributed by atoms with Crippen LogP contribution in [0.1, 0.15) is 5.56 Å². The zero-order valence-corrected chi connectivity index (χ0v) is 30.5. The minimum atomic E-state index is -3.34. The van der Waals surface area contributed by atoms with E-state index in [2.05, 4.69) is 110 Å². The minimum absolute atomic E-state index is 1.02. The molecule has 1 aromatic carbocycles. The van der Waals surface area contributed by atoms with Gasteiger partial charge in [0.1, 0.15) is 0 Å². The zero-order valence-electron chi connectivity index (χ0n) is 23.5. The molecule has 34 heavy (non-hydrogen) atoms. The summed E-state index contributed by atoms with van der Waals surface area (Å²) in [7, 11) is -18.6. The van der Waals surface area contributed by atoms with E-state index in [0.717, 1.165) is 10.8 Å². The fourth-order valence-electron chi connectivity index (χ4n) is 4.74. The van der Waals surface area contributed by atoms with Crippen molar-refractivity contribution in [2.75, 3.05) is 0 Å². The lowest BCUT2D eigenvalue weighted by Gasteiger charge is -2.54. The van der Waals surface area contributed by atoms with E-state index in [-0.39, 0.29) is 0 Å². The maximum absolute atomic E-state index is 7.31. The van der Waals surface area contributed by atoms with Crippen molar-refractivity contribution < 1.29 is 24.7 Å². The normalized spacial score (nSPS) is 22.5. The van der Waals surface area contributed by atoms with Crippen LogP contribution in [0.5, 0.6) is 0 Å². The molecule has 1 fully saturated rings. The van der Waals surface area contributed by atoms with Gasteiger partial charge in [0, 0.05) is 5.19 Å². The summed E-state index contributed by atoms with van der Waals surface area (Å²) in [5.74, 6) is 0. The van der Waals surface area contributed by atoms with E-state index >= 15 is 0 Å². The van der Waals surface area contributed by atoms with E-state index in [1.54, 1.807) is 0 Å². The lowest BCUT2D eigenvalue weighted by atomic mass is 10.2. The van der Waals surface area contributed by atoms with Crippen LogP contribution in [-0.2, 0) is 24.7 Å². The summed E-state index contributed by atoms with van der Waals surface area (Å²) in [6.45, 7) is 32.1. The molecule has 0 atom stereocenters. The molecular weight excluding hydrogens is 545 g/mol. The zero-order chi connectivity index (χ0) is 26.4. The van der Waals surface area contributed by atoms with Crippen LogP contribution in [0, 0.1) is 0 Å². The molecule has 0 aliphatic carbocycles. The monoisotopic (exact) mass is 590 g/mol. The van der Waals surface area contributed by atoms with Crippen LogP contribution in [0.4, 0.5) is 0 Å². The molecule has 13 heteroatoms. The molecule has 2 rings (SSSR count). The second-order valence-corrected chi connectivity index (χ2v) is 42.5. The first-order valence-electron chi connectivity index (χ1n) is 12.0. The molecule has 1 heterocycles. The maximum atomic E-state index is 7.31. The van der Waals surface area contributed by atoms with Crippen molar-refractivity contribution in [3.05, 3.63) is 36.4 Å². The molecule has 0 spiro atoms. The molecule has 0 radical (unpaired) electrons. The van der Waals surface area contributed by atoms with Crippen LogP contribution in [0.3, 0.4) is 0 Å². The highest BCUT2D eigenvalue weighted by molar-refractivity contribution is 7.41. The predicted molar refractivity (Wildman–Crippen MR) is 159 cm³/mol. The molecule has 6 nitrogen and oxygen atoms in total. The van der Waals surface area contributed by atoms with Crippen molar-refractivity contribution >= 4 is 69.7 Å². The Balaban J connectivity index is 2.96. The van der Waals surface area contributed by atoms with Crippen molar-refractivity contribution in [2.24, 2.45) is 0 Å². The largest absolute Gasteiger partial charge is 0.432 e. The Morgan fingerprint density at radius 2 is 1.06 bits per heavy atom. The van der Waals surface area contributed by atoms with Gasteiger partial charge in [-0.2, -0.15) is 0 Å². The Labute approximate surface area is 215 Å². The minimum Gasteiger partial charge on any atom is -0.432 e. The second kappa shape index (κ2) is 9.84. The van der Waals surface area contributed by atoms with Gasteiger partial charge in [-0.25, -0.2) is 0 Å². The fourth-order valence-corrected chi connectivity index (χ4v) is 54.0. The Hall–Kier alpha value is 0.238. The van der Waals surface area contributed by atoms with Gasteiger partial charge < -0.3 is 24.7 Å². The van der Waals surface area contributed by atoms with Crippen molar-refractivity contribution in [1.82, 2.24) is 0 Å². The Morgan fingerprint density at radius 3 is 1.44 bits per heavy atom. The standard InChI is InChI=1S/C21H46O6Si7/c1-15-20-18-16-17-19-21(20)34(22-28(2,3)4,23-29(5,6)7)33(14)26-31(10,11)24-30(8,9)25-32(12,13)27-33/h15-19H,1H2,2-14H3. The topological polar surface area (TPSA) is 55.4 Å². The van der Waals surface area contributed by atoms with E-state index in [1.165, 1.54) is 0 Å². The van der Waals surface area contributed by atoms with E-state index < -0.39 is 58.5 Å². The second-order valence-electron chi connectivity index (χ2n) is 12.4. The Kier molecular flexibility index (Phi) is 8.82. The summed E-state index contributed by atoms with van der Waals surface area (Å²) in [6.07, 6.45) is 1.90. The summed E-state index contributed by atoms with van der Waals surface area (Å²) >= 11 is 0. The van der Waals surface area contributed by atoms with Crippen LogP contribution >= 0.6 is 0 Å². The highest BCUT2D eigenvalue weighted by atomic mass is 29.3. The smallest absolute Gasteiger partial charge is 0.396 e. The van der Waals surface area contributed by atoms with Crippen LogP contribution in [-0.4, -0.2) is 58.5 Å². The molecule has 0 saturated carbocycles. The molecule has 0 amide bonds. The van der Waals surface area contributed by atoms with Crippen molar-refractivity contribution in [2.45, 2.75) is 85.1 Å². The average molecular weight is 591 g/mol. The highest BCUT2D eigenvalue weighted by Crippen LogP contribution is 2.39. The molecule has 1 aromatic rings. The van der Waals surface area contributed by atoms with E-state index in [4.69, 9.17) is 24.7 Å². The Morgan fingerprint density at radius 1 is 0.676 bits per heavy atom. The van der Waals surface area contributed by atoms with Gasteiger partial charge >= 0.3 is 41.8 Å². The number of hydrogen-bond acceptors (Lipinski definition) is 6. The predicted octanol–water partition coefficient (Wildman–Crippen LogP) is 6.02. The van der Waals surface area contributed by atoms with Gasteiger partial charge in [0.05, 0.1) is 0 Å². The Bertz CT molecular complexity index is 854. The summed E-state index contributed by atoms with van der Waals surface area (Å²) < 4.78 is 42.4. The van der Waals surface area contributed by atoms with Gasteiger partial charge in [-0.15, -0.1) is 0 Å². The maximum Gasteiger partial charge on any atom is 0.396 e. The third-order valence-electron chi connectivity index (χ3n) is 4.90. The molecular formula is C21H46O6Si7. The molecule has 1 aliphatic rings. The van der Waals surface area contributed by atoms with Gasteiger partial charge in [-0.1, -0.05) is 36.9 Å². The summed E-state index contributed by atoms with van der Waals surface area (Å²) in [5, 5.41) is 1.05. The van der Waals surface area contributed by atoms with Crippen LogP contribution in [0.2, 0.25) is 85.1 Å². The number of benzene rings is 1.